The molecule has 2 aromatic carbocycles. The molecule has 0 saturated carbocycles. The van der Waals surface area contributed by atoms with Gasteiger partial charge in [-0.25, -0.2) is 5.43 Å². The number of hydrazone groups is 1. The van der Waals surface area contributed by atoms with Crippen LogP contribution in [0.25, 0.3) is 0 Å². The Morgan fingerprint density at radius 2 is 1.69 bits per heavy atom. The molecule has 0 aliphatic rings. The topological polar surface area (TPSA) is 59.9 Å². The van der Waals surface area contributed by atoms with Gasteiger partial charge in [0.05, 0.1) is 12.8 Å². The Bertz CT molecular complexity index is 986. The highest BCUT2D eigenvalue weighted by molar-refractivity contribution is 5.82. The lowest BCUT2D eigenvalue weighted by Crippen LogP contribution is -2.21. The number of halogens is 2. The van der Waals surface area contributed by atoms with Gasteiger partial charge in [-0.1, -0.05) is 53.7 Å². The van der Waals surface area contributed by atoms with Crippen molar-refractivity contribution in [1.82, 2.24) is 5.43 Å². The summed E-state index contributed by atoms with van der Waals surface area (Å²) in [5.41, 5.74) is 5.69. The summed E-state index contributed by atoms with van der Waals surface area (Å²) in [7, 11) is 0. The molecule has 0 aliphatic heterocycles. The van der Waals surface area contributed by atoms with Crippen molar-refractivity contribution in [1.29, 1.82) is 0 Å². The number of hydrogen-bond donors (Lipinski definition) is 1. The molecule has 192 valence electrons. The number of nitrogens with one attached hydrogen (secondary N) is 1. The average molecular weight is 489 g/mol. The fourth-order valence-corrected chi connectivity index (χ4v) is 3.39. The second-order valence-corrected chi connectivity index (χ2v) is 9.88. The van der Waals surface area contributed by atoms with E-state index in [1.807, 2.05) is 0 Å². The lowest BCUT2D eigenvalue weighted by molar-refractivity contribution is -0.121. The predicted molar refractivity (Wildman–Crippen MR) is 137 cm³/mol. The molecule has 5 nitrogen and oxygen atoms in total. The maximum Gasteiger partial charge on any atom is 0.387 e. The standard InChI is InChI=1S/C28H38F2N2O3/c1-7-27(3,4)21-13-16-24(23(18-21)28(5,6)8-2)34-17-9-10-25(33)32-31-19-20-11-14-22(15-12-20)35-26(29)30/h11-16,18-19,26H,7-10,17H2,1-6H3,(H,32,33)/b31-19+. The zero-order valence-corrected chi connectivity index (χ0v) is 21.7. The summed E-state index contributed by atoms with van der Waals surface area (Å²) in [5.74, 6) is 0.706. The van der Waals surface area contributed by atoms with Crippen molar-refractivity contribution in [3.05, 3.63) is 59.2 Å². The van der Waals surface area contributed by atoms with E-state index in [1.54, 1.807) is 12.1 Å². The molecule has 0 atom stereocenters. The van der Waals surface area contributed by atoms with Gasteiger partial charge in [-0.2, -0.15) is 13.9 Å². The van der Waals surface area contributed by atoms with E-state index in [1.165, 1.54) is 29.5 Å². The number of nitrogens with zero attached hydrogens (tertiary/aromatic N) is 1. The normalized spacial score (nSPS) is 12.3. The van der Waals surface area contributed by atoms with Crippen LogP contribution in [0.2, 0.25) is 0 Å². The number of benzene rings is 2. The highest BCUT2D eigenvalue weighted by Crippen LogP contribution is 2.38. The molecule has 0 radical (unpaired) electrons. The van der Waals surface area contributed by atoms with Gasteiger partial charge in [-0.15, -0.1) is 0 Å². The average Bonchev–Trinajstić information content (AvgIpc) is 2.82. The second-order valence-electron chi connectivity index (χ2n) is 9.88. The van der Waals surface area contributed by atoms with Gasteiger partial charge in [0.2, 0.25) is 5.91 Å². The van der Waals surface area contributed by atoms with Crippen LogP contribution in [0.1, 0.15) is 83.9 Å². The number of carbonyl (C=O) groups excluding carboxylic acids is 1. The lowest BCUT2D eigenvalue weighted by atomic mass is 9.76. The molecule has 2 aromatic rings. The number of amides is 1. The molecule has 0 unspecified atom stereocenters. The van der Waals surface area contributed by atoms with E-state index >= 15 is 0 Å². The van der Waals surface area contributed by atoms with Crippen molar-refractivity contribution in [3.63, 3.8) is 0 Å². The van der Waals surface area contributed by atoms with Crippen molar-refractivity contribution in [2.45, 2.75) is 84.7 Å². The smallest absolute Gasteiger partial charge is 0.387 e. The highest BCUT2D eigenvalue weighted by Gasteiger charge is 2.26. The number of ether oxygens (including phenoxy) is 2. The first-order valence-corrected chi connectivity index (χ1v) is 12.1. The minimum absolute atomic E-state index is 0.0228. The third-order valence-corrected chi connectivity index (χ3v) is 6.57. The van der Waals surface area contributed by atoms with Crippen molar-refractivity contribution >= 4 is 12.1 Å². The van der Waals surface area contributed by atoms with Gasteiger partial charge >= 0.3 is 6.61 Å². The molecule has 1 N–H and O–H groups in total. The SMILES string of the molecule is CCC(C)(C)c1ccc(OCCCC(=O)N/N=C/c2ccc(OC(F)F)cc2)c(C(C)(C)CC)c1. The van der Waals surface area contributed by atoms with E-state index < -0.39 is 6.61 Å². The maximum atomic E-state index is 12.2. The Morgan fingerprint density at radius 3 is 2.29 bits per heavy atom. The first-order chi connectivity index (χ1) is 16.5. The summed E-state index contributed by atoms with van der Waals surface area (Å²) in [6, 6.07) is 12.4. The van der Waals surface area contributed by atoms with Crippen LogP contribution in [0, 0.1) is 0 Å². The maximum absolute atomic E-state index is 12.2. The zero-order valence-electron chi connectivity index (χ0n) is 21.7. The first-order valence-electron chi connectivity index (χ1n) is 12.1. The van der Waals surface area contributed by atoms with E-state index in [-0.39, 0.29) is 28.9 Å². The van der Waals surface area contributed by atoms with Gasteiger partial charge in [0, 0.05) is 12.0 Å². The molecule has 0 aromatic heterocycles. The molecule has 1 amide bonds. The van der Waals surface area contributed by atoms with Crippen LogP contribution in [0.15, 0.2) is 47.6 Å². The van der Waals surface area contributed by atoms with Crippen molar-refractivity contribution < 1.29 is 23.0 Å². The van der Waals surface area contributed by atoms with Gasteiger partial charge in [0.25, 0.3) is 0 Å². The Kier molecular flexibility index (Phi) is 10.2. The molecule has 35 heavy (non-hydrogen) atoms. The Balaban J connectivity index is 1.88. The molecule has 0 heterocycles. The summed E-state index contributed by atoms with van der Waals surface area (Å²) < 4.78 is 34.8. The van der Waals surface area contributed by atoms with Crippen LogP contribution < -0.4 is 14.9 Å². The number of hydrogen-bond acceptors (Lipinski definition) is 4. The number of carbonyl (C=O) groups is 1. The van der Waals surface area contributed by atoms with Gasteiger partial charge in [0.1, 0.15) is 11.5 Å². The van der Waals surface area contributed by atoms with E-state index in [0.717, 1.165) is 18.6 Å². The third kappa shape index (κ3) is 8.64. The van der Waals surface area contributed by atoms with Crippen LogP contribution in [-0.2, 0) is 15.6 Å². The van der Waals surface area contributed by atoms with Gasteiger partial charge < -0.3 is 9.47 Å². The minimum atomic E-state index is -2.87. The number of alkyl halides is 2. The summed E-state index contributed by atoms with van der Waals surface area (Å²) >= 11 is 0. The molecule has 2 rings (SSSR count). The van der Waals surface area contributed by atoms with E-state index in [4.69, 9.17) is 4.74 Å². The van der Waals surface area contributed by atoms with Gasteiger partial charge in [-0.3, -0.25) is 4.79 Å². The van der Waals surface area contributed by atoms with Gasteiger partial charge in [0.15, 0.2) is 0 Å². The largest absolute Gasteiger partial charge is 0.493 e. The Hall–Kier alpha value is -2.96. The van der Waals surface area contributed by atoms with Gasteiger partial charge in [-0.05, 0) is 71.6 Å². The van der Waals surface area contributed by atoms with Crippen molar-refractivity contribution in [2.75, 3.05) is 6.61 Å². The van der Waals surface area contributed by atoms with Crippen LogP contribution in [0.4, 0.5) is 8.78 Å². The molecular formula is C28H38F2N2O3. The molecule has 0 aliphatic carbocycles. The highest BCUT2D eigenvalue weighted by atomic mass is 19.3. The van der Waals surface area contributed by atoms with E-state index in [0.29, 0.717) is 18.6 Å². The van der Waals surface area contributed by atoms with E-state index in [2.05, 4.69) is 75.0 Å². The molecular weight excluding hydrogens is 450 g/mol. The van der Waals surface area contributed by atoms with Crippen LogP contribution in [0.5, 0.6) is 11.5 Å². The molecule has 0 fully saturated rings. The van der Waals surface area contributed by atoms with Crippen LogP contribution >= 0.6 is 0 Å². The fourth-order valence-electron chi connectivity index (χ4n) is 3.39. The Labute approximate surface area is 207 Å². The van der Waals surface area contributed by atoms with Crippen LogP contribution in [0.3, 0.4) is 0 Å². The fraction of sp³-hybridized carbons (Fsp3) is 0.500. The second kappa shape index (κ2) is 12.7. The molecule has 0 saturated heterocycles. The Morgan fingerprint density at radius 1 is 1.03 bits per heavy atom. The van der Waals surface area contributed by atoms with Crippen LogP contribution in [-0.4, -0.2) is 25.3 Å². The lowest BCUT2D eigenvalue weighted by Gasteiger charge is -2.30. The minimum Gasteiger partial charge on any atom is -0.493 e. The third-order valence-electron chi connectivity index (χ3n) is 6.57. The van der Waals surface area contributed by atoms with Crippen molar-refractivity contribution in [2.24, 2.45) is 5.10 Å². The van der Waals surface area contributed by atoms with E-state index in [9.17, 15) is 13.6 Å². The molecule has 0 spiro atoms. The molecule has 0 bridgehead atoms. The summed E-state index contributed by atoms with van der Waals surface area (Å²) in [4.78, 5) is 12.1. The summed E-state index contributed by atoms with van der Waals surface area (Å²) in [6.07, 6.45) is 4.30. The molecule has 7 heteroatoms. The summed E-state index contributed by atoms with van der Waals surface area (Å²) in [6.45, 7) is 10.9. The number of rotatable bonds is 13. The quantitative estimate of drug-likeness (QED) is 0.188. The predicted octanol–water partition coefficient (Wildman–Crippen LogP) is 6.97. The summed E-state index contributed by atoms with van der Waals surface area (Å²) in [5, 5.41) is 3.91. The first kappa shape index (κ1) is 28.3. The monoisotopic (exact) mass is 488 g/mol. The van der Waals surface area contributed by atoms with Crippen molar-refractivity contribution in [3.8, 4) is 11.5 Å². The zero-order chi connectivity index (χ0) is 26.1.